The number of methoxy groups -OCH3 is 1. The molecule has 0 fully saturated rings. The van der Waals surface area contributed by atoms with Crippen molar-refractivity contribution < 1.29 is 9.53 Å². The molecule has 0 unspecified atom stereocenters. The number of anilines is 1. The molecule has 1 heterocycles. The summed E-state index contributed by atoms with van der Waals surface area (Å²) in [6.07, 6.45) is 1.70. The first-order chi connectivity index (χ1) is 7.26. The second kappa shape index (κ2) is 5.73. The van der Waals surface area contributed by atoms with E-state index in [1.807, 2.05) is 6.07 Å². The van der Waals surface area contributed by atoms with E-state index in [4.69, 9.17) is 10.00 Å². The molecule has 1 amide bonds. The maximum Gasteiger partial charge on any atom is 0.227 e. The van der Waals surface area contributed by atoms with Crippen molar-refractivity contribution in [2.75, 3.05) is 19.0 Å². The molecule has 1 aromatic rings. The maximum atomic E-state index is 11.2. The smallest absolute Gasteiger partial charge is 0.227 e. The molecular weight excluding hydrogens is 194 g/mol. The monoisotopic (exact) mass is 205 g/mol. The van der Waals surface area contributed by atoms with Gasteiger partial charge in [0.05, 0.1) is 18.6 Å². The minimum atomic E-state index is -0.158. The largest absolute Gasteiger partial charge is 0.384 e. The molecule has 0 spiro atoms. The summed E-state index contributed by atoms with van der Waals surface area (Å²) in [6.45, 7) is 0.377. The number of hydrogen-bond donors (Lipinski definition) is 1. The van der Waals surface area contributed by atoms with Crippen LogP contribution >= 0.6 is 0 Å². The molecule has 0 atom stereocenters. The van der Waals surface area contributed by atoms with E-state index in [0.717, 1.165) is 0 Å². The van der Waals surface area contributed by atoms with Crippen LogP contribution in [0, 0.1) is 11.3 Å². The molecule has 0 saturated heterocycles. The highest BCUT2D eigenvalue weighted by Crippen LogP contribution is 2.04. The number of amides is 1. The lowest BCUT2D eigenvalue weighted by Gasteiger charge is -2.03. The Morgan fingerprint density at radius 2 is 2.47 bits per heavy atom. The lowest BCUT2D eigenvalue weighted by molar-refractivity contribution is -0.117. The van der Waals surface area contributed by atoms with Gasteiger partial charge in [-0.3, -0.25) is 4.79 Å². The number of nitrogens with one attached hydrogen (secondary N) is 1. The molecule has 0 aliphatic carbocycles. The SMILES string of the molecule is COCCC(=O)Nc1ccc(C#N)cn1. The zero-order chi connectivity index (χ0) is 11.1. The number of rotatable bonds is 4. The van der Waals surface area contributed by atoms with Gasteiger partial charge in [0.2, 0.25) is 5.91 Å². The van der Waals surface area contributed by atoms with Crippen molar-refractivity contribution >= 4 is 11.7 Å². The first kappa shape index (κ1) is 11.1. The van der Waals surface area contributed by atoms with Crippen LogP contribution in [0.4, 0.5) is 5.82 Å². The molecule has 78 valence electrons. The number of aromatic nitrogens is 1. The molecule has 1 aromatic heterocycles. The summed E-state index contributed by atoms with van der Waals surface area (Å²) < 4.78 is 4.76. The Morgan fingerprint density at radius 1 is 1.67 bits per heavy atom. The minimum absolute atomic E-state index is 0.158. The van der Waals surface area contributed by atoms with Gasteiger partial charge in [-0.1, -0.05) is 0 Å². The van der Waals surface area contributed by atoms with Gasteiger partial charge in [0.15, 0.2) is 0 Å². The Balaban J connectivity index is 2.50. The quantitative estimate of drug-likeness (QED) is 0.793. The summed E-state index contributed by atoms with van der Waals surface area (Å²) in [5.74, 6) is 0.282. The van der Waals surface area contributed by atoms with Gasteiger partial charge in [0.1, 0.15) is 11.9 Å². The fourth-order valence-electron chi connectivity index (χ4n) is 0.934. The molecule has 0 saturated carbocycles. The second-order valence-corrected chi connectivity index (χ2v) is 2.83. The Bertz CT molecular complexity index is 367. The summed E-state index contributed by atoms with van der Waals surface area (Å²) in [5.41, 5.74) is 0.463. The van der Waals surface area contributed by atoms with Crippen molar-refractivity contribution in [3.8, 4) is 6.07 Å². The van der Waals surface area contributed by atoms with Crippen molar-refractivity contribution in [3.05, 3.63) is 23.9 Å². The predicted octanol–water partition coefficient (Wildman–Crippen LogP) is 0.928. The van der Waals surface area contributed by atoms with Crippen molar-refractivity contribution in [3.63, 3.8) is 0 Å². The lowest BCUT2D eigenvalue weighted by atomic mass is 10.3. The fraction of sp³-hybridized carbons (Fsp3) is 0.300. The van der Waals surface area contributed by atoms with Crippen LogP contribution in [0.5, 0.6) is 0 Å². The predicted molar refractivity (Wildman–Crippen MR) is 54.1 cm³/mol. The third kappa shape index (κ3) is 3.75. The number of carbonyl (C=O) groups excluding carboxylic acids is 1. The van der Waals surface area contributed by atoms with Gasteiger partial charge in [-0.15, -0.1) is 0 Å². The molecule has 1 N–H and O–H groups in total. The normalized spacial score (nSPS) is 9.33. The van der Waals surface area contributed by atoms with E-state index in [1.54, 1.807) is 12.1 Å². The Morgan fingerprint density at radius 3 is 3.00 bits per heavy atom. The minimum Gasteiger partial charge on any atom is -0.384 e. The fourth-order valence-corrected chi connectivity index (χ4v) is 0.934. The number of ether oxygens (including phenoxy) is 1. The second-order valence-electron chi connectivity index (χ2n) is 2.83. The van der Waals surface area contributed by atoms with Gasteiger partial charge in [0.25, 0.3) is 0 Å². The van der Waals surface area contributed by atoms with Gasteiger partial charge in [0, 0.05) is 13.3 Å². The van der Waals surface area contributed by atoms with Crippen LogP contribution in [0.1, 0.15) is 12.0 Å². The summed E-state index contributed by atoms with van der Waals surface area (Å²) in [6, 6.07) is 5.13. The summed E-state index contributed by atoms with van der Waals surface area (Å²) in [5, 5.41) is 11.1. The van der Waals surface area contributed by atoms with Gasteiger partial charge >= 0.3 is 0 Å². The number of carbonyl (C=O) groups is 1. The third-order valence-electron chi connectivity index (χ3n) is 1.69. The summed E-state index contributed by atoms with van der Waals surface area (Å²) >= 11 is 0. The van der Waals surface area contributed by atoms with E-state index >= 15 is 0 Å². The molecule has 0 aliphatic rings. The van der Waals surface area contributed by atoms with Crippen LogP contribution in [0.2, 0.25) is 0 Å². The Kier molecular flexibility index (Phi) is 4.26. The molecule has 0 aromatic carbocycles. The average Bonchev–Trinajstić information content (AvgIpc) is 2.27. The molecule has 15 heavy (non-hydrogen) atoms. The van der Waals surface area contributed by atoms with Crippen molar-refractivity contribution in [2.24, 2.45) is 0 Å². The first-order valence-electron chi connectivity index (χ1n) is 4.41. The number of pyridine rings is 1. The first-order valence-corrected chi connectivity index (χ1v) is 4.41. The molecular formula is C10H11N3O2. The van der Waals surface area contributed by atoms with Crippen LogP contribution in [-0.2, 0) is 9.53 Å². The van der Waals surface area contributed by atoms with E-state index in [9.17, 15) is 4.79 Å². The van der Waals surface area contributed by atoms with Crippen LogP contribution in [0.3, 0.4) is 0 Å². The average molecular weight is 205 g/mol. The van der Waals surface area contributed by atoms with Gasteiger partial charge < -0.3 is 10.1 Å². The molecule has 5 nitrogen and oxygen atoms in total. The molecule has 0 bridgehead atoms. The van der Waals surface area contributed by atoms with E-state index in [-0.39, 0.29) is 12.3 Å². The molecule has 0 radical (unpaired) electrons. The van der Waals surface area contributed by atoms with Crippen molar-refractivity contribution in [1.29, 1.82) is 5.26 Å². The van der Waals surface area contributed by atoms with Crippen molar-refractivity contribution in [2.45, 2.75) is 6.42 Å². The Hall–Kier alpha value is -1.93. The highest BCUT2D eigenvalue weighted by molar-refractivity contribution is 5.89. The standard InChI is InChI=1S/C10H11N3O2/c1-15-5-4-10(14)13-9-3-2-8(6-11)7-12-9/h2-3,7H,4-5H2,1H3,(H,12,13,14). The molecule has 1 rings (SSSR count). The van der Waals surface area contributed by atoms with Crippen LogP contribution in [-0.4, -0.2) is 24.6 Å². The Labute approximate surface area is 87.7 Å². The highest BCUT2D eigenvalue weighted by Gasteiger charge is 2.02. The van der Waals surface area contributed by atoms with Gasteiger partial charge in [-0.25, -0.2) is 4.98 Å². The zero-order valence-electron chi connectivity index (χ0n) is 8.36. The van der Waals surface area contributed by atoms with E-state index in [1.165, 1.54) is 13.3 Å². The van der Waals surface area contributed by atoms with E-state index in [2.05, 4.69) is 10.3 Å². The number of nitriles is 1. The maximum absolute atomic E-state index is 11.2. The topological polar surface area (TPSA) is 75.0 Å². The van der Waals surface area contributed by atoms with Gasteiger partial charge in [-0.2, -0.15) is 5.26 Å². The zero-order valence-corrected chi connectivity index (χ0v) is 8.36. The van der Waals surface area contributed by atoms with Gasteiger partial charge in [-0.05, 0) is 12.1 Å². The molecule has 0 aliphatic heterocycles. The highest BCUT2D eigenvalue weighted by atomic mass is 16.5. The lowest BCUT2D eigenvalue weighted by Crippen LogP contribution is -2.14. The van der Waals surface area contributed by atoms with Crippen LogP contribution < -0.4 is 5.32 Å². The number of hydrogen-bond acceptors (Lipinski definition) is 4. The van der Waals surface area contributed by atoms with E-state index < -0.39 is 0 Å². The van der Waals surface area contributed by atoms with Crippen LogP contribution in [0.25, 0.3) is 0 Å². The molecule has 5 heteroatoms. The summed E-state index contributed by atoms with van der Waals surface area (Å²) in [7, 11) is 1.53. The third-order valence-corrected chi connectivity index (χ3v) is 1.69. The van der Waals surface area contributed by atoms with Crippen LogP contribution in [0.15, 0.2) is 18.3 Å². The van der Waals surface area contributed by atoms with E-state index in [0.29, 0.717) is 18.0 Å². The summed E-state index contributed by atoms with van der Waals surface area (Å²) in [4.78, 5) is 15.1. The van der Waals surface area contributed by atoms with Crippen molar-refractivity contribution in [1.82, 2.24) is 4.98 Å². The number of nitrogens with zero attached hydrogens (tertiary/aromatic N) is 2.